The number of nitrogens with zero attached hydrogens (tertiary/aromatic N) is 1. The summed E-state index contributed by atoms with van der Waals surface area (Å²) in [7, 11) is 0. The Morgan fingerprint density at radius 1 is 1.25 bits per heavy atom. The van der Waals surface area contributed by atoms with E-state index in [-0.39, 0.29) is 12.0 Å². The lowest BCUT2D eigenvalue weighted by atomic mass is 9.89. The molecule has 1 aromatic rings. The summed E-state index contributed by atoms with van der Waals surface area (Å²) in [6.07, 6.45) is 15.0. The zero-order valence-electron chi connectivity index (χ0n) is 19.6. The molecule has 4 heteroatoms. The molecule has 0 radical (unpaired) electrons. The minimum Gasteiger partial charge on any atom is -0.392 e. The predicted molar refractivity (Wildman–Crippen MR) is 130 cm³/mol. The number of aliphatic hydroxyl groups excluding tert-OH is 1. The number of aryl methyl sites for hydroxylation is 2. The molecule has 1 aliphatic heterocycles. The number of aliphatic hydroxyl groups is 1. The summed E-state index contributed by atoms with van der Waals surface area (Å²) in [6.45, 7) is 5.65. The van der Waals surface area contributed by atoms with E-state index in [2.05, 4.69) is 54.7 Å². The molecular weight excluding hydrogens is 396 g/mol. The molecular formula is C28H40N2O2. The van der Waals surface area contributed by atoms with Crippen molar-refractivity contribution in [1.29, 1.82) is 0 Å². The second-order valence-corrected chi connectivity index (χ2v) is 10.1. The fourth-order valence-electron chi connectivity index (χ4n) is 5.85. The van der Waals surface area contributed by atoms with Crippen molar-refractivity contribution in [3.63, 3.8) is 0 Å². The van der Waals surface area contributed by atoms with Crippen LogP contribution < -0.4 is 5.32 Å². The van der Waals surface area contributed by atoms with Gasteiger partial charge in [-0.05, 0) is 69.3 Å². The van der Waals surface area contributed by atoms with Gasteiger partial charge in [0.25, 0.3) is 0 Å². The van der Waals surface area contributed by atoms with Crippen molar-refractivity contribution in [2.45, 2.75) is 64.4 Å². The van der Waals surface area contributed by atoms with Gasteiger partial charge in [-0.15, -0.1) is 0 Å². The largest absolute Gasteiger partial charge is 0.392 e. The van der Waals surface area contributed by atoms with E-state index in [9.17, 15) is 9.90 Å². The quantitative estimate of drug-likeness (QED) is 0.445. The number of fused-ring (bicyclic) bond motifs is 1. The number of hydrogen-bond acceptors (Lipinski definition) is 3. The summed E-state index contributed by atoms with van der Waals surface area (Å²) in [5, 5.41) is 14.1. The van der Waals surface area contributed by atoms with Crippen molar-refractivity contribution in [3.8, 4) is 0 Å². The molecule has 4 atom stereocenters. The lowest BCUT2D eigenvalue weighted by molar-refractivity contribution is -0.131. The average molecular weight is 437 g/mol. The van der Waals surface area contributed by atoms with Gasteiger partial charge >= 0.3 is 0 Å². The lowest BCUT2D eigenvalue weighted by Crippen LogP contribution is -2.37. The third-order valence-corrected chi connectivity index (χ3v) is 7.57. The van der Waals surface area contributed by atoms with Gasteiger partial charge in [0.2, 0.25) is 5.91 Å². The fourth-order valence-corrected chi connectivity index (χ4v) is 5.85. The molecule has 0 spiro atoms. The van der Waals surface area contributed by atoms with Crippen LogP contribution in [-0.4, -0.2) is 48.2 Å². The standard InChI is InChI=1S/C28H40N2O2/c1-21-8-7-10-22(16-21)9-3-4-11-25-26-18-23(17-24(26)19-27(25)31)20-29-13-12-28(32)30-14-5-2-6-15-30/h4,7-8,10-11,16-17,24-27,29,31H,2-3,5-6,9,12-15,18-20H2,1H3/t24-,25+,26-,27+/m0/s1. The molecule has 1 aromatic carbocycles. The van der Waals surface area contributed by atoms with Crippen LogP contribution in [0.2, 0.25) is 0 Å². The van der Waals surface area contributed by atoms with Crippen LogP contribution in [0.25, 0.3) is 0 Å². The van der Waals surface area contributed by atoms with Crippen molar-refractivity contribution < 1.29 is 9.90 Å². The number of benzene rings is 1. The minimum absolute atomic E-state index is 0.215. The Bertz CT molecular complexity index is 824. The molecule has 0 aromatic heterocycles. The van der Waals surface area contributed by atoms with E-state index in [0.29, 0.717) is 24.2 Å². The molecule has 1 amide bonds. The molecule has 32 heavy (non-hydrogen) atoms. The minimum atomic E-state index is -0.215. The fraction of sp³-hybridized carbons (Fsp3) is 0.607. The number of hydrogen-bond donors (Lipinski definition) is 2. The normalized spacial score (nSPS) is 27.7. The zero-order chi connectivity index (χ0) is 22.3. The van der Waals surface area contributed by atoms with Crippen LogP contribution in [0.1, 0.15) is 56.1 Å². The smallest absolute Gasteiger partial charge is 0.223 e. The maximum absolute atomic E-state index is 12.3. The number of nitrogens with one attached hydrogen (secondary N) is 1. The molecule has 1 saturated carbocycles. The Balaban J connectivity index is 1.17. The zero-order valence-corrected chi connectivity index (χ0v) is 19.6. The third-order valence-electron chi connectivity index (χ3n) is 7.57. The maximum atomic E-state index is 12.3. The first-order valence-electron chi connectivity index (χ1n) is 12.7. The second kappa shape index (κ2) is 11.3. The summed E-state index contributed by atoms with van der Waals surface area (Å²) in [5.41, 5.74) is 4.15. The number of allylic oxidation sites excluding steroid dienone is 2. The van der Waals surface area contributed by atoms with Crippen LogP contribution in [0.15, 0.2) is 48.1 Å². The van der Waals surface area contributed by atoms with Crippen LogP contribution in [0.4, 0.5) is 0 Å². The second-order valence-electron chi connectivity index (χ2n) is 10.1. The van der Waals surface area contributed by atoms with Gasteiger partial charge < -0.3 is 15.3 Å². The summed E-state index contributed by atoms with van der Waals surface area (Å²) in [4.78, 5) is 14.3. The van der Waals surface area contributed by atoms with E-state index >= 15 is 0 Å². The highest BCUT2D eigenvalue weighted by Gasteiger charge is 2.43. The van der Waals surface area contributed by atoms with E-state index in [4.69, 9.17) is 0 Å². The highest BCUT2D eigenvalue weighted by atomic mass is 16.3. The van der Waals surface area contributed by atoms with Crippen molar-refractivity contribution in [2.75, 3.05) is 26.2 Å². The van der Waals surface area contributed by atoms with E-state index in [0.717, 1.165) is 64.7 Å². The van der Waals surface area contributed by atoms with Crippen LogP contribution >= 0.6 is 0 Å². The van der Waals surface area contributed by atoms with Crippen LogP contribution in [0.5, 0.6) is 0 Å². The summed E-state index contributed by atoms with van der Waals surface area (Å²) >= 11 is 0. The number of carbonyl (C=O) groups is 1. The van der Waals surface area contributed by atoms with Gasteiger partial charge in [0.15, 0.2) is 0 Å². The van der Waals surface area contributed by atoms with E-state index in [1.807, 2.05) is 4.90 Å². The SMILES string of the molecule is Cc1cccc(CCC=C[C@@H]2[C@H]3CC(CNCCC(=O)N4CCCCC4)=C[C@H]3C[C@H]2O)c1. The van der Waals surface area contributed by atoms with E-state index in [1.54, 1.807) is 0 Å². The third kappa shape index (κ3) is 6.11. The first kappa shape index (κ1) is 23.3. The monoisotopic (exact) mass is 436 g/mol. The first-order valence-corrected chi connectivity index (χ1v) is 12.7. The lowest BCUT2D eigenvalue weighted by Gasteiger charge is -2.26. The van der Waals surface area contributed by atoms with E-state index in [1.165, 1.54) is 23.1 Å². The van der Waals surface area contributed by atoms with Gasteiger partial charge in [-0.2, -0.15) is 0 Å². The summed E-state index contributed by atoms with van der Waals surface area (Å²) < 4.78 is 0. The highest BCUT2D eigenvalue weighted by molar-refractivity contribution is 5.76. The summed E-state index contributed by atoms with van der Waals surface area (Å²) in [5.74, 6) is 1.61. The van der Waals surface area contributed by atoms with E-state index < -0.39 is 0 Å². The van der Waals surface area contributed by atoms with Crippen molar-refractivity contribution in [1.82, 2.24) is 10.2 Å². The number of amides is 1. The predicted octanol–water partition coefficient (Wildman–Crippen LogP) is 4.42. The van der Waals surface area contributed by atoms with Gasteiger partial charge in [-0.25, -0.2) is 0 Å². The Morgan fingerprint density at radius 3 is 2.91 bits per heavy atom. The summed E-state index contributed by atoms with van der Waals surface area (Å²) in [6, 6.07) is 8.72. The van der Waals surface area contributed by atoms with Gasteiger partial charge in [0.05, 0.1) is 6.10 Å². The molecule has 2 aliphatic carbocycles. The molecule has 1 saturated heterocycles. The molecule has 174 valence electrons. The Hall–Kier alpha value is -1.91. The molecule has 0 bridgehead atoms. The Labute approximate surface area is 193 Å². The number of rotatable bonds is 9. The molecule has 2 N–H and O–H groups in total. The molecule has 3 aliphatic rings. The van der Waals surface area contributed by atoms with Crippen LogP contribution in [0, 0.1) is 24.7 Å². The molecule has 0 unspecified atom stereocenters. The number of carbonyl (C=O) groups excluding carboxylic acids is 1. The Morgan fingerprint density at radius 2 is 2.09 bits per heavy atom. The molecule has 4 rings (SSSR count). The Kier molecular flexibility index (Phi) is 8.20. The first-order chi connectivity index (χ1) is 15.6. The topological polar surface area (TPSA) is 52.6 Å². The number of likely N-dealkylation sites (tertiary alicyclic amines) is 1. The highest BCUT2D eigenvalue weighted by Crippen LogP contribution is 2.47. The maximum Gasteiger partial charge on any atom is 0.223 e. The van der Waals surface area contributed by atoms with Gasteiger partial charge in [0.1, 0.15) is 0 Å². The number of piperidine rings is 1. The van der Waals surface area contributed by atoms with Gasteiger partial charge in [-0.1, -0.05) is 53.6 Å². The molecule has 1 heterocycles. The van der Waals surface area contributed by atoms with Crippen molar-refractivity contribution in [3.05, 3.63) is 59.2 Å². The van der Waals surface area contributed by atoms with Crippen LogP contribution in [-0.2, 0) is 11.2 Å². The van der Waals surface area contributed by atoms with Gasteiger partial charge in [-0.3, -0.25) is 4.79 Å². The van der Waals surface area contributed by atoms with Crippen molar-refractivity contribution >= 4 is 5.91 Å². The average Bonchev–Trinajstić information content (AvgIpc) is 3.31. The van der Waals surface area contributed by atoms with Crippen LogP contribution in [0.3, 0.4) is 0 Å². The molecule has 4 nitrogen and oxygen atoms in total. The molecule has 2 fully saturated rings. The van der Waals surface area contributed by atoms with Gasteiger partial charge in [0, 0.05) is 38.5 Å². The van der Waals surface area contributed by atoms with Crippen molar-refractivity contribution in [2.24, 2.45) is 17.8 Å².